The molecule has 5 nitrogen and oxygen atoms in total. The molecule has 0 saturated carbocycles. The number of ether oxygens (including phenoxy) is 1. The molecule has 1 unspecified atom stereocenters. The SMILES string of the molecule is Cc1nc(-c2ccccn2)sc1C(=O)N1CCOC(c2ccc(Br)cc2)C1. The van der Waals surface area contributed by atoms with E-state index in [0.29, 0.717) is 24.6 Å². The minimum Gasteiger partial charge on any atom is -0.370 e. The molecule has 1 aromatic carbocycles. The van der Waals surface area contributed by atoms with E-state index in [1.54, 1.807) is 6.20 Å². The molecule has 0 aliphatic carbocycles. The Morgan fingerprint density at radius 3 is 2.81 bits per heavy atom. The third-order valence-electron chi connectivity index (χ3n) is 4.47. The Kier molecular flexibility index (Phi) is 5.33. The molecular weight excluding hydrogens is 426 g/mol. The van der Waals surface area contributed by atoms with E-state index in [-0.39, 0.29) is 12.0 Å². The maximum absolute atomic E-state index is 13.1. The van der Waals surface area contributed by atoms with E-state index in [1.807, 2.05) is 54.3 Å². The monoisotopic (exact) mass is 443 g/mol. The minimum atomic E-state index is -0.112. The van der Waals surface area contributed by atoms with Crippen LogP contribution in [0.25, 0.3) is 10.7 Å². The van der Waals surface area contributed by atoms with E-state index in [9.17, 15) is 4.79 Å². The summed E-state index contributed by atoms with van der Waals surface area (Å²) in [6.45, 7) is 3.53. The summed E-state index contributed by atoms with van der Waals surface area (Å²) in [5.74, 6) is 0.0117. The first-order valence-electron chi connectivity index (χ1n) is 8.67. The standard InChI is InChI=1S/C20H18BrN3O2S/c1-13-18(27-19(23-13)16-4-2-3-9-22-16)20(25)24-10-11-26-17(12-24)14-5-7-15(21)8-6-14/h2-9,17H,10-12H2,1H3. The Bertz CT molecular complexity index is 944. The molecule has 27 heavy (non-hydrogen) atoms. The highest BCUT2D eigenvalue weighted by molar-refractivity contribution is 9.10. The van der Waals surface area contributed by atoms with Crippen molar-refractivity contribution in [1.29, 1.82) is 0 Å². The summed E-state index contributed by atoms with van der Waals surface area (Å²) in [4.78, 5) is 24.5. The maximum atomic E-state index is 13.1. The fraction of sp³-hybridized carbons (Fsp3) is 0.250. The summed E-state index contributed by atoms with van der Waals surface area (Å²) in [6.07, 6.45) is 1.62. The van der Waals surface area contributed by atoms with Gasteiger partial charge in [0, 0.05) is 17.2 Å². The number of hydrogen-bond acceptors (Lipinski definition) is 5. The van der Waals surface area contributed by atoms with Crippen molar-refractivity contribution in [3.63, 3.8) is 0 Å². The van der Waals surface area contributed by atoms with Crippen molar-refractivity contribution < 1.29 is 9.53 Å². The Balaban J connectivity index is 1.54. The third kappa shape index (κ3) is 3.95. The van der Waals surface area contributed by atoms with Crippen LogP contribution in [0.15, 0.2) is 53.1 Å². The average Bonchev–Trinajstić information content (AvgIpc) is 3.10. The van der Waals surface area contributed by atoms with Crippen LogP contribution in [-0.2, 0) is 4.74 Å². The van der Waals surface area contributed by atoms with E-state index >= 15 is 0 Å². The molecule has 3 heterocycles. The van der Waals surface area contributed by atoms with Gasteiger partial charge in [-0.25, -0.2) is 4.98 Å². The predicted molar refractivity (Wildman–Crippen MR) is 109 cm³/mol. The highest BCUT2D eigenvalue weighted by Gasteiger charge is 2.28. The lowest BCUT2D eigenvalue weighted by atomic mass is 10.1. The summed E-state index contributed by atoms with van der Waals surface area (Å²) in [7, 11) is 0. The van der Waals surface area contributed by atoms with Crippen LogP contribution in [0.3, 0.4) is 0 Å². The van der Waals surface area contributed by atoms with Crippen molar-refractivity contribution in [2.45, 2.75) is 13.0 Å². The van der Waals surface area contributed by atoms with Crippen LogP contribution >= 0.6 is 27.3 Å². The number of nitrogens with zero attached hydrogens (tertiary/aromatic N) is 3. The summed E-state index contributed by atoms with van der Waals surface area (Å²) in [5, 5.41) is 0.772. The van der Waals surface area contributed by atoms with E-state index in [1.165, 1.54) is 11.3 Å². The Morgan fingerprint density at radius 2 is 2.07 bits per heavy atom. The number of amides is 1. The maximum Gasteiger partial charge on any atom is 0.266 e. The van der Waals surface area contributed by atoms with Crippen LogP contribution < -0.4 is 0 Å². The number of halogens is 1. The Hall–Kier alpha value is -2.09. The summed E-state index contributed by atoms with van der Waals surface area (Å²) >= 11 is 4.85. The molecule has 0 radical (unpaired) electrons. The fourth-order valence-corrected chi connectivity index (χ4v) is 4.33. The molecule has 1 atom stereocenters. The van der Waals surface area contributed by atoms with Gasteiger partial charge in [-0.05, 0) is 36.8 Å². The number of morpholine rings is 1. The van der Waals surface area contributed by atoms with Gasteiger partial charge < -0.3 is 9.64 Å². The second-order valence-electron chi connectivity index (χ2n) is 6.31. The van der Waals surface area contributed by atoms with Gasteiger partial charge in [-0.3, -0.25) is 9.78 Å². The molecule has 1 fully saturated rings. The first kappa shape index (κ1) is 18.3. The van der Waals surface area contributed by atoms with Gasteiger partial charge in [-0.1, -0.05) is 34.1 Å². The minimum absolute atomic E-state index is 0.0117. The van der Waals surface area contributed by atoms with Crippen LogP contribution in [0.4, 0.5) is 0 Å². The van der Waals surface area contributed by atoms with Crippen LogP contribution in [0.5, 0.6) is 0 Å². The van der Waals surface area contributed by atoms with E-state index in [4.69, 9.17) is 4.74 Å². The molecule has 4 rings (SSSR count). The van der Waals surface area contributed by atoms with Crippen molar-refractivity contribution in [3.8, 4) is 10.7 Å². The van der Waals surface area contributed by atoms with E-state index in [0.717, 1.165) is 26.4 Å². The van der Waals surface area contributed by atoms with Gasteiger partial charge >= 0.3 is 0 Å². The topological polar surface area (TPSA) is 55.3 Å². The van der Waals surface area contributed by atoms with Crippen LogP contribution in [-0.4, -0.2) is 40.5 Å². The summed E-state index contributed by atoms with van der Waals surface area (Å²) < 4.78 is 6.92. The second-order valence-corrected chi connectivity index (χ2v) is 8.23. The molecule has 0 spiro atoms. The summed E-state index contributed by atoms with van der Waals surface area (Å²) in [5.41, 5.74) is 2.61. The van der Waals surface area contributed by atoms with Crippen LogP contribution in [0, 0.1) is 6.92 Å². The number of pyridine rings is 1. The van der Waals surface area contributed by atoms with E-state index in [2.05, 4.69) is 25.9 Å². The number of benzene rings is 1. The zero-order chi connectivity index (χ0) is 18.8. The molecular formula is C20H18BrN3O2S. The van der Waals surface area contributed by atoms with Crippen molar-refractivity contribution >= 4 is 33.2 Å². The third-order valence-corrected chi connectivity index (χ3v) is 6.17. The quantitative estimate of drug-likeness (QED) is 0.598. The number of aromatic nitrogens is 2. The molecule has 1 aliphatic rings. The lowest BCUT2D eigenvalue weighted by Crippen LogP contribution is -2.42. The number of thiazole rings is 1. The van der Waals surface area contributed by atoms with Crippen molar-refractivity contribution in [3.05, 3.63) is 69.3 Å². The molecule has 138 valence electrons. The van der Waals surface area contributed by atoms with Gasteiger partial charge in [-0.15, -0.1) is 11.3 Å². The molecule has 1 amide bonds. The van der Waals surface area contributed by atoms with Gasteiger partial charge in [0.25, 0.3) is 5.91 Å². The largest absolute Gasteiger partial charge is 0.370 e. The molecule has 0 bridgehead atoms. The highest BCUT2D eigenvalue weighted by Crippen LogP contribution is 2.30. The highest BCUT2D eigenvalue weighted by atomic mass is 79.9. The number of carbonyl (C=O) groups is 1. The lowest BCUT2D eigenvalue weighted by Gasteiger charge is -2.33. The van der Waals surface area contributed by atoms with Crippen molar-refractivity contribution in [1.82, 2.24) is 14.9 Å². The summed E-state index contributed by atoms with van der Waals surface area (Å²) in [6, 6.07) is 13.7. The lowest BCUT2D eigenvalue weighted by molar-refractivity contribution is -0.0227. The van der Waals surface area contributed by atoms with Gasteiger partial charge in [0.15, 0.2) is 0 Å². The van der Waals surface area contributed by atoms with Gasteiger partial charge in [0.1, 0.15) is 16.0 Å². The van der Waals surface area contributed by atoms with Crippen molar-refractivity contribution in [2.24, 2.45) is 0 Å². The molecule has 3 aromatic rings. The van der Waals surface area contributed by atoms with Crippen LogP contribution in [0.1, 0.15) is 27.0 Å². The molecule has 1 saturated heterocycles. The Morgan fingerprint density at radius 1 is 1.26 bits per heavy atom. The molecule has 7 heteroatoms. The van der Waals surface area contributed by atoms with Gasteiger partial charge in [-0.2, -0.15) is 0 Å². The van der Waals surface area contributed by atoms with E-state index < -0.39 is 0 Å². The molecule has 2 aromatic heterocycles. The smallest absolute Gasteiger partial charge is 0.266 e. The first-order valence-corrected chi connectivity index (χ1v) is 10.3. The molecule has 1 aliphatic heterocycles. The normalized spacial score (nSPS) is 17.1. The fourth-order valence-electron chi connectivity index (χ4n) is 3.05. The Labute approximate surface area is 170 Å². The average molecular weight is 444 g/mol. The van der Waals surface area contributed by atoms with Crippen LogP contribution in [0.2, 0.25) is 0 Å². The molecule has 0 N–H and O–H groups in total. The predicted octanol–water partition coefficient (Wildman–Crippen LogP) is 4.49. The number of carbonyl (C=O) groups excluding carboxylic acids is 1. The number of hydrogen-bond donors (Lipinski definition) is 0. The van der Waals surface area contributed by atoms with Crippen molar-refractivity contribution in [2.75, 3.05) is 19.7 Å². The zero-order valence-corrected chi connectivity index (χ0v) is 17.2. The number of aryl methyl sites for hydroxylation is 1. The van der Waals surface area contributed by atoms with Gasteiger partial charge in [0.05, 0.1) is 24.5 Å². The first-order chi connectivity index (χ1) is 13.1. The number of rotatable bonds is 3. The zero-order valence-electron chi connectivity index (χ0n) is 14.8. The second kappa shape index (κ2) is 7.88. The van der Waals surface area contributed by atoms with Gasteiger partial charge in [0.2, 0.25) is 0 Å².